The number of hydrogen-bond acceptors (Lipinski definition) is 9. The quantitative estimate of drug-likeness (QED) is 0.378. The largest absolute Gasteiger partial charge is 0.507 e. The van der Waals surface area contributed by atoms with Crippen LogP contribution in [-0.4, -0.2) is 88.9 Å². The molecule has 0 aromatic heterocycles. The van der Waals surface area contributed by atoms with Gasteiger partial charge >= 0.3 is 0 Å². The summed E-state index contributed by atoms with van der Waals surface area (Å²) in [4.78, 5) is 56.1. The molecule has 5 atom stereocenters. The van der Waals surface area contributed by atoms with E-state index in [1.165, 1.54) is 6.07 Å². The van der Waals surface area contributed by atoms with Gasteiger partial charge in [-0.3, -0.25) is 19.2 Å². The third kappa shape index (κ3) is 4.21. The Bertz CT molecular complexity index is 1080. The number of phenolic OH excluding ortho intramolecular Hbond substituents is 1. The minimum Gasteiger partial charge on any atom is -0.507 e. The van der Waals surface area contributed by atoms with E-state index in [1.54, 1.807) is 25.1 Å². The first-order valence-corrected chi connectivity index (χ1v) is 12.5. The monoisotopic (exact) mass is 501 g/mol. The molecule has 10 heteroatoms. The first kappa shape index (κ1) is 26.2. The van der Waals surface area contributed by atoms with E-state index < -0.39 is 65.7 Å². The van der Waals surface area contributed by atoms with E-state index in [2.05, 4.69) is 4.90 Å². The number of carbonyl (C=O) groups excluding carboxylic acids is 4. The van der Waals surface area contributed by atoms with E-state index in [9.17, 15) is 34.5 Å². The van der Waals surface area contributed by atoms with Crippen molar-refractivity contribution >= 4 is 28.9 Å². The molecule has 0 bridgehead atoms. The molecular weight excluding hydrogens is 466 g/mol. The molecule has 3 aliphatic rings. The summed E-state index contributed by atoms with van der Waals surface area (Å²) in [5.74, 6) is -6.88. The van der Waals surface area contributed by atoms with Crippen LogP contribution in [0.15, 0.2) is 12.1 Å². The van der Waals surface area contributed by atoms with Crippen LogP contribution in [0.1, 0.15) is 48.0 Å². The Morgan fingerprint density at radius 3 is 2.44 bits per heavy atom. The minimum atomic E-state index is -2.67. The molecule has 2 fully saturated rings. The molecule has 10 nitrogen and oxygen atoms in total. The maximum Gasteiger partial charge on any atom is 0.225 e. The number of phenols is 1. The maximum atomic E-state index is 13.8. The highest BCUT2D eigenvalue weighted by Gasteiger charge is 2.62. The van der Waals surface area contributed by atoms with Crippen molar-refractivity contribution in [2.45, 2.75) is 50.2 Å². The van der Waals surface area contributed by atoms with Gasteiger partial charge in [-0.05, 0) is 69.8 Å². The zero-order valence-electron chi connectivity index (χ0n) is 20.8. The number of anilines is 1. The molecule has 2 aliphatic carbocycles. The zero-order valence-corrected chi connectivity index (χ0v) is 20.8. The second-order valence-electron chi connectivity index (χ2n) is 10.6. The number of likely N-dealkylation sites (N-methyl/N-ethyl adjacent to an activating group) is 1. The number of nitrogens with two attached hydrogens (primary N) is 1. The highest BCUT2D eigenvalue weighted by molar-refractivity contribution is 6.24. The van der Waals surface area contributed by atoms with E-state index in [4.69, 9.17) is 5.73 Å². The number of fused-ring (bicyclic) bond motifs is 2. The Labute approximate surface area is 210 Å². The van der Waals surface area contributed by atoms with E-state index >= 15 is 0 Å². The van der Waals surface area contributed by atoms with Crippen molar-refractivity contribution in [2.75, 3.05) is 38.7 Å². The van der Waals surface area contributed by atoms with Gasteiger partial charge in [0.1, 0.15) is 5.75 Å². The van der Waals surface area contributed by atoms with Gasteiger partial charge in [0.05, 0.1) is 24.5 Å². The molecule has 0 radical (unpaired) electrons. The van der Waals surface area contributed by atoms with Crippen LogP contribution in [0.5, 0.6) is 5.75 Å². The van der Waals surface area contributed by atoms with Gasteiger partial charge < -0.3 is 30.9 Å². The molecule has 1 saturated heterocycles. The molecule has 1 saturated carbocycles. The average Bonchev–Trinajstić information content (AvgIpc) is 2.82. The van der Waals surface area contributed by atoms with Crippen molar-refractivity contribution in [1.82, 2.24) is 4.90 Å². The highest BCUT2D eigenvalue weighted by Crippen LogP contribution is 2.49. The standard InChI is InChI=1S/C26H35N3O7/c1-28(2)18(13-30)16-11-14-10-15-17(29-8-4-3-5-9-29)6-7-19(31)23(15)24(34)22(14)25(35)26(16,36)20(32)12-21(27)33/h6-7,14,16,18,22,30-31,36H,3-5,8-13H2,1-2H3,(H2,27,33)/t14-,16-,18?,22?,26+/m0/s1. The Kier molecular flexibility index (Phi) is 7.23. The predicted molar refractivity (Wildman–Crippen MR) is 131 cm³/mol. The van der Waals surface area contributed by atoms with Gasteiger partial charge in [-0.2, -0.15) is 0 Å². The molecule has 1 heterocycles. The molecule has 4 rings (SSSR count). The van der Waals surface area contributed by atoms with Gasteiger partial charge in [-0.25, -0.2) is 0 Å². The Hall–Kier alpha value is -2.82. The summed E-state index contributed by atoms with van der Waals surface area (Å²) in [5, 5.41) is 32.4. The Morgan fingerprint density at radius 1 is 1.19 bits per heavy atom. The second kappa shape index (κ2) is 9.91. The summed E-state index contributed by atoms with van der Waals surface area (Å²) < 4.78 is 0. The number of piperidine rings is 1. The molecule has 36 heavy (non-hydrogen) atoms. The number of nitrogens with zero attached hydrogens (tertiary/aromatic N) is 2. The lowest BCUT2D eigenvalue weighted by Gasteiger charge is -2.49. The van der Waals surface area contributed by atoms with Crippen LogP contribution >= 0.6 is 0 Å². The van der Waals surface area contributed by atoms with Crippen molar-refractivity contribution in [1.29, 1.82) is 0 Å². The zero-order chi connectivity index (χ0) is 26.4. The lowest BCUT2D eigenvalue weighted by atomic mass is 9.56. The van der Waals surface area contributed by atoms with E-state index in [0.717, 1.165) is 38.0 Å². The van der Waals surface area contributed by atoms with Gasteiger partial charge in [-0.15, -0.1) is 0 Å². The van der Waals surface area contributed by atoms with E-state index in [1.807, 2.05) is 0 Å². The number of aliphatic hydroxyl groups excluding tert-OH is 1. The van der Waals surface area contributed by atoms with Crippen LogP contribution in [-0.2, 0) is 20.8 Å². The molecule has 1 aromatic carbocycles. The Morgan fingerprint density at radius 2 is 1.86 bits per heavy atom. The first-order valence-electron chi connectivity index (χ1n) is 12.5. The molecule has 1 amide bonds. The van der Waals surface area contributed by atoms with Gasteiger partial charge in [0.15, 0.2) is 23.0 Å². The molecule has 196 valence electrons. The summed E-state index contributed by atoms with van der Waals surface area (Å²) in [6.07, 6.45) is 2.71. The van der Waals surface area contributed by atoms with Crippen molar-refractivity contribution in [3.05, 3.63) is 23.3 Å². The van der Waals surface area contributed by atoms with Crippen molar-refractivity contribution in [3.8, 4) is 5.75 Å². The average molecular weight is 502 g/mol. The molecule has 1 aliphatic heterocycles. The van der Waals surface area contributed by atoms with Gasteiger partial charge in [0, 0.05) is 30.7 Å². The maximum absolute atomic E-state index is 13.8. The predicted octanol–water partition coefficient (Wildman–Crippen LogP) is 0.0408. The summed E-state index contributed by atoms with van der Waals surface area (Å²) in [5.41, 5.74) is 4.12. The summed E-state index contributed by atoms with van der Waals surface area (Å²) in [7, 11) is 3.31. The molecule has 5 N–H and O–H groups in total. The second-order valence-corrected chi connectivity index (χ2v) is 10.6. The third-order valence-electron chi connectivity index (χ3n) is 8.26. The number of Topliss-reactive ketones (excluding diaryl/α,β-unsaturated/α-hetero) is 3. The third-order valence-corrected chi connectivity index (χ3v) is 8.26. The van der Waals surface area contributed by atoms with Crippen molar-refractivity contribution < 1.29 is 34.5 Å². The minimum absolute atomic E-state index is 0.0575. The number of benzene rings is 1. The number of aromatic hydroxyl groups is 1. The van der Waals surface area contributed by atoms with Crippen LogP contribution in [0.4, 0.5) is 5.69 Å². The first-order chi connectivity index (χ1) is 17.0. The smallest absolute Gasteiger partial charge is 0.225 e. The van der Waals surface area contributed by atoms with E-state index in [0.29, 0.717) is 12.0 Å². The topological polar surface area (TPSA) is 161 Å². The normalized spacial score (nSPS) is 29.0. The summed E-state index contributed by atoms with van der Waals surface area (Å²) in [6.45, 7) is 1.21. The van der Waals surface area contributed by atoms with Crippen LogP contribution in [0.3, 0.4) is 0 Å². The fraction of sp³-hybridized carbons (Fsp3) is 0.615. The number of rotatable bonds is 7. The van der Waals surface area contributed by atoms with Gasteiger partial charge in [0.25, 0.3) is 0 Å². The van der Waals surface area contributed by atoms with Crippen LogP contribution in [0.2, 0.25) is 0 Å². The molecule has 1 aromatic rings. The number of primary amides is 1. The molecular formula is C26H35N3O7. The van der Waals surface area contributed by atoms with Gasteiger partial charge in [0.2, 0.25) is 5.91 Å². The number of aliphatic hydroxyl groups is 2. The van der Waals surface area contributed by atoms with Crippen molar-refractivity contribution in [3.63, 3.8) is 0 Å². The lowest BCUT2D eigenvalue weighted by molar-refractivity contribution is -0.171. The summed E-state index contributed by atoms with van der Waals surface area (Å²) in [6, 6.07) is 2.48. The van der Waals surface area contributed by atoms with Crippen LogP contribution in [0, 0.1) is 17.8 Å². The number of amides is 1. The number of carbonyl (C=O) groups is 4. The van der Waals surface area contributed by atoms with Gasteiger partial charge in [-0.1, -0.05) is 0 Å². The van der Waals surface area contributed by atoms with Crippen LogP contribution in [0.25, 0.3) is 0 Å². The number of hydrogen-bond donors (Lipinski definition) is 4. The van der Waals surface area contributed by atoms with Crippen molar-refractivity contribution in [2.24, 2.45) is 23.5 Å². The molecule has 0 spiro atoms. The van der Waals surface area contributed by atoms with E-state index in [-0.39, 0.29) is 17.7 Å². The number of ketones is 3. The SMILES string of the molecule is CN(C)C(CO)[C@@H]1C[C@@H]2Cc3c(N4CCCCC4)ccc(O)c3C(=O)C2C(=O)[C@]1(O)C(=O)CC(N)=O. The fourth-order valence-corrected chi connectivity index (χ4v) is 6.48. The lowest BCUT2D eigenvalue weighted by Crippen LogP contribution is -2.67. The Balaban J connectivity index is 1.82. The van der Waals surface area contributed by atoms with Crippen LogP contribution < -0.4 is 10.6 Å². The molecule has 2 unspecified atom stereocenters. The fourth-order valence-electron chi connectivity index (χ4n) is 6.48. The summed E-state index contributed by atoms with van der Waals surface area (Å²) >= 11 is 0. The highest BCUT2D eigenvalue weighted by atomic mass is 16.3.